The monoisotopic (exact) mass is 392 g/mol. The number of benzene rings is 1. The summed E-state index contributed by atoms with van der Waals surface area (Å²) in [6.07, 6.45) is 3.14. The number of methoxy groups -OCH3 is 1. The highest BCUT2D eigenvalue weighted by Gasteiger charge is 2.28. The number of carboxylic acids is 1. The first-order valence-electron chi connectivity index (χ1n) is 8.09. The number of rotatable bonds is 6. The number of nitrogens with zero attached hydrogens (tertiary/aromatic N) is 1. The van der Waals surface area contributed by atoms with Gasteiger partial charge in [-0.25, -0.2) is 8.42 Å². The summed E-state index contributed by atoms with van der Waals surface area (Å²) in [4.78, 5) is 11.9. The maximum atomic E-state index is 12.6. The minimum absolute atomic E-state index is 0.0638. The Morgan fingerprint density at radius 3 is 2.62 bits per heavy atom. The van der Waals surface area contributed by atoms with Crippen molar-refractivity contribution in [1.29, 1.82) is 0 Å². The second-order valence-electron chi connectivity index (χ2n) is 5.85. The number of ether oxygens (including phenoxy) is 1. The summed E-state index contributed by atoms with van der Waals surface area (Å²) in [5.74, 6) is -0.764. The minimum atomic E-state index is -3.57. The molecular weight excluding hydrogens is 374 g/mol. The molecule has 8 heteroatoms. The molecule has 138 valence electrons. The van der Waals surface area contributed by atoms with Crippen LogP contribution in [0.15, 0.2) is 40.6 Å². The Hall–Kier alpha value is -2.16. The fourth-order valence-corrected chi connectivity index (χ4v) is 5.77. The van der Waals surface area contributed by atoms with Gasteiger partial charge in [-0.05, 0) is 48.7 Å². The quantitative estimate of drug-likeness (QED) is 0.700. The number of hydrogen-bond donors (Lipinski definition) is 0. The molecule has 1 aliphatic heterocycles. The first kappa shape index (κ1) is 18.6. The summed E-state index contributed by atoms with van der Waals surface area (Å²) in [6.45, 7) is 1.01. The van der Waals surface area contributed by atoms with Crippen molar-refractivity contribution < 1.29 is 23.1 Å². The molecule has 1 aliphatic rings. The first-order chi connectivity index (χ1) is 12.4. The summed E-state index contributed by atoms with van der Waals surface area (Å²) in [6, 6.07) is 9.89. The zero-order valence-electron chi connectivity index (χ0n) is 14.2. The van der Waals surface area contributed by atoms with E-state index in [0.717, 1.165) is 24.2 Å². The van der Waals surface area contributed by atoms with Crippen molar-refractivity contribution in [2.75, 3.05) is 20.2 Å². The standard InChI is InChI=1S/C18H19NO5S2/c1-24-14-6-4-5-13(11-14)12-15(18(20)21)16-7-8-17(25-16)26(22,23)19-9-2-3-10-19/h4-8,11-12H,2-3,9-10H2,1H3,(H,20,21)/p-1/b15-12-. The Morgan fingerprint density at radius 1 is 1.23 bits per heavy atom. The molecule has 0 saturated carbocycles. The fraction of sp³-hybridized carbons (Fsp3) is 0.278. The third kappa shape index (κ3) is 3.82. The molecule has 26 heavy (non-hydrogen) atoms. The number of carbonyl (C=O) groups is 1. The van der Waals surface area contributed by atoms with E-state index < -0.39 is 16.0 Å². The van der Waals surface area contributed by atoms with E-state index in [0.29, 0.717) is 29.3 Å². The van der Waals surface area contributed by atoms with E-state index in [1.54, 1.807) is 24.3 Å². The van der Waals surface area contributed by atoms with Crippen LogP contribution >= 0.6 is 11.3 Å². The summed E-state index contributed by atoms with van der Waals surface area (Å²) in [5.41, 5.74) is 0.562. The van der Waals surface area contributed by atoms with Crippen molar-refractivity contribution in [3.63, 3.8) is 0 Å². The SMILES string of the molecule is COc1cccc(/C=C(\C(=O)[O-])c2ccc(S(=O)(=O)N3CCCC3)s2)c1. The molecule has 3 rings (SSSR count). The van der Waals surface area contributed by atoms with Crippen LogP contribution in [0.1, 0.15) is 23.3 Å². The van der Waals surface area contributed by atoms with Gasteiger partial charge in [-0.15, -0.1) is 11.3 Å². The van der Waals surface area contributed by atoms with Gasteiger partial charge >= 0.3 is 0 Å². The van der Waals surface area contributed by atoms with Gasteiger partial charge in [0.15, 0.2) is 0 Å². The third-order valence-corrected chi connectivity index (χ3v) is 7.62. The molecule has 1 saturated heterocycles. The molecule has 0 N–H and O–H groups in total. The summed E-state index contributed by atoms with van der Waals surface area (Å²) in [5, 5.41) is 11.6. The Bertz CT molecular complexity index is 940. The molecule has 0 unspecified atom stereocenters. The number of hydrogen-bond acceptors (Lipinski definition) is 6. The molecule has 1 aromatic heterocycles. The second-order valence-corrected chi connectivity index (χ2v) is 9.10. The van der Waals surface area contributed by atoms with E-state index in [-0.39, 0.29) is 9.78 Å². The number of sulfonamides is 1. The summed E-state index contributed by atoms with van der Waals surface area (Å²) < 4.78 is 32.0. The Kier molecular flexibility index (Phi) is 5.45. The summed E-state index contributed by atoms with van der Waals surface area (Å²) in [7, 11) is -2.04. The third-order valence-electron chi connectivity index (χ3n) is 4.13. The normalized spacial score (nSPS) is 16.0. The fourth-order valence-electron chi connectivity index (χ4n) is 2.79. The molecule has 0 radical (unpaired) electrons. The van der Waals surface area contributed by atoms with Gasteiger partial charge in [0.1, 0.15) is 9.96 Å². The predicted molar refractivity (Wildman–Crippen MR) is 98.2 cm³/mol. The molecule has 0 aliphatic carbocycles. The van der Waals surface area contributed by atoms with Gasteiger partial charge in [-0.1, -0.05) is 12.1 Å². The van der Waals surface area contributed by atoms with Gasteiger partial charge in [0.05, 0.1) is 13.1 Å². The average Bonchev–Trinajstić information content (AvgIpc) is 3.31. The lowest BCUT2D eigenvalue weighted by molar-refractivity contribution is -0.295. The van der Waals surface area contributed by atoms with Crippen molar-refractivity contribution in [3.8, 4) is 5.75 Å². The molecule has 1 fully saturated rings. The highest BCUT2D eigenvalue weighted by Crippen LogP contribution is 2.32. The van der Waals surface area contributed by atoms with Crippen LogP contribution in [0.3, 0.4) is 0 Å². The van der Waals surface area contributed by atoms with Crippen molar-refractivity contribution in [1.82, 2.24) is 4.31 Å². The van der Waals surface area contributed by atoms with E-state index in [1.807, 2.05) is 0 Å². The van der Waals surface area contributed by atoms with Crippen molar-refractivity contribution in [2.45, 2.75) is 17.1 Å². The minimum Gasteiger partial charge on any atom is -0.545 e. The van der Waals surface area contributed by atoms with Gasteiger partial charge in [0, 0.05) is 23.5 Å². The molecule has 2 heterocycles. The predicted octanol–water partition coefficient (Wildman–Crippen LogP) is 1.83. The van der Waals surface area contributed by atoms with E-state index in [9.17, 15) is 18.3 Å². The van der Waals surface area contributed by atoms with E-state index in [4.69, 9.17) is 4.74 Å². The molecule has 0 bridgehead atoms. The van der Waals surface area contributed by atoms with Gasteiger partial charge in [-0.2, -0.15) is 4.31 Å². The van der Waals surface area contributed by atoms with Crippen LogP contribution in [-0.2, 0) is 14.8 Å². The molecule has 0 amide bonds. The van der Waals surface area contributed by atoms with Gasteiger partial charge in [0.2, 0.25) is 0 Å². The highest BCUT2D eigenvalue weighted by atomic mass is 32.2. The molecule has 6 nitrogen and oxygen atoms in total. The van der Waals surface area contributed by atoms with Crippen LogP contribution in [0.5, 0.6) is 5.75 Å². The largest absolute Gasteiger partial charge is 0.545 e. The van der Waals surface area contributed by atoms with Crippen LogP contribution in [0.2, 0.25) is 0 Å². The maximum absolute atomic E-state index is 12.6. The van der Waals surface area contributed by atoms with Crippen molar-refractivity contribution in [2.24, 2.45) is 0 Å². The lowest BCUT2D eigenvalue weighted by Crippen LogP contribution is -2.27. The molecule has 0 spiro atoms. The molecular formula is C18H18NO5S2-. The Balaban J connectivity index is 1.96. The lowest BCUT2D eigenvalue weighted by atomic mass is 10.1. The van der Waals surface area contributed by atoms with Gasteiger partial charge in [0.25, 0.3) is 10.0 Å². The van der Waals surface area contributed by atoms with Gasteiger partial charge in [-0.3, -0.25) is 0 Å². The zero-order chi connectivity index (χ0) is 18.7. The number of carbonyl (C=O) groups excluding carboxylic acids is 1. The molecule has 2 aromatic rings. The van der Waals surface area contributed by atoms with Gasteiger partial charge < -0.3 is 14.6 Å². The van der Waals surface area contributed by atoms with Crippen LogP contribution in [0.25, 0.3) is 11.6 Å². The van der Waals surface area contributed by atoms with E-state index in [1.165, 1.54) is 29.6 Å². The molecule has 0 atom stereocenters. The van der Waals surface area contributed by atoms with Crippen LogP contribution in [0, 0.1) is 0 Å². The second kappa shape index (κ2) is 7.61. The lowest BCUT2D eigenvalue weighted by Gasteiger charge is -2.13. The smallest absolute Gasteiger partial charge is 0.252 e. The number of aliphatic carboxylic acids is 1. The number of carboxylic acid groups (broad SMARTS) is 1. The number of thiophene rings is 1. The molecule has 1 aromatic carbocycles. The topological polar surface area (TPSA) is 86.7 Å². The van der Waals surface area contributed by atoms with E-state index in [2.05, 4.69) is 0 Å². The van der Waals surface area contributed by atoms with Crippen molar-refractivity contribution >= 4 is 39.0 Å². The van der Waals surface area contributed by atoms with Crippen LogP contribution < -0.4 is 9.84 Å². The first-order valence-corrected chi connectivity index (χ1v) is 10.3. The average molecular weight is 392 g/mol. The summed E-state index contributed by atoms with van der Waals surface area (Å²) >= 11 is 0.942. The highest BCUT2D eigenvalue weighted by molar-refractivity contribution is 7.91. The zero-order valence-corrected chi connectivity index (χ0v) is 15.8. The van der Waals surface area contributed by atoms with Crippen molar-refractivity contribution in [3.05, 3.63) is 46.8 Å². The maximum Gasteiger partial charge on any atom is 0.252 e. The van der Waals surface area contributed by atoms with Crippen LogP contribution in [-0.4, -0.2) is 38.9 Å². The van der Waals surface area contributed by atoms with Crippen LogP contribution in [0.4, 0.5) is 0 Å². The Morgan fingerprint density at radius 2 is 1.96 bits per heavy atom. The van der Waals surface area contributed by atoms with E-state index >= 15 is 0 Å². The Labute approximate surface area is 156 Å².